The lowest BCUT2D eigenvalue weighted by molar-refractivity contribution is 0.246. The number of hydrogen-bond donors (Lipinski definition) is 1. The number of thioether (sulfide) groups is 1. The summed E-state index contributed by atoms with van der Waals surface area (Å²) in [5.41, 5.74) is 1.18. The van der Waals surface area contributed by atoms with Crippen molar-refractivity contribution in [3.63, 3.8) is 0 Å². The van der Waals surface area contributed by atoms with Crippen molar-refractivity contribution < 1.29 is 9.15 Å². The van der Waals surface area contributed by atoms with Crippen LogP contribution in [0.5, 0.6) is 5.75 Å². The Kier molecular flexibility index (Phi) is 4.68. The first-order valence-electron chi connectivity index (χ1n) is 5.99. The number of nitrogens with zero attached hydrogens (tertiary/aromatic N) is 1. The number of ether oxygens (including phenoxy) is 1. The molecule has 0 fully saturated rings. The molecule has 1 aromatic heterocycles. The number of aromatic nitrogens is 2. The van der Waals surface area contributed by atoms with Gasteiger partial charge in [-0.2, -0.15) is 0 Å². The lowest BCUT2D eigenvalue weighted by Crippen LogP contribution is -2.14. The molecular formula is C13H16N2O3S. The quantitative estimate of drug-likeness (QED) is 0.879. The molecule has 2 rings (SSSR count). The first kappa shape index (κ1) is 13.7. The molecule has 1 aromatic carbocycles. The Morgan fingerprint density at radius 1 is 1.53 bits per heavy atom. The summed E-state index contributed by atoms with van der Waals surface area (Å²) in [6, 6.07) is 7.96. The van der Waals surface area contributed by atoms with Crippen molar-refractivity contribution in [3.8, 4) is 5.75 Å². The van der Waals surface area contributed by atoms with E-state index in [9.17, 15) is 4.79 Å². The van der Waals surface area contributed by atoms with E-state index in [-0.39, 0.29) is 6.10 Å². The summed E-state index contributed by atoms with van der Waals surface area (Å²) in [4.78, 5) is 10.7. The van der Waals surface area contributed by atoms with Crippen molar-refractivity contribution in [2.45, 2.75) is 25.7 Å². The van der Waals surface area contributed by atoms with E-state index in [4.69, 9.17) is 9.15 Å². The van der Waals surface area contributed by atoms with E-state index in [0.717, 1.165) is 11.5 Å². The Morgan fingerprint density at radius 3 is 3.05 bits per heavy atom. The molecule has 1 heterocycles. The molecule has 0 aliphatic rings. The van der Waals surface area contributed by atoms with Crippen LogP contribution in [-0.2, 0) is 5.75 Å². The zero-order chi connectivity index (χ0) is 13.7. The summed E-state index contributed by atoms with van der Waals surface area (Å²) in [6.45, 7) is 4.04. The van der Waals surface area contributed by atoms with E-state index < -0.39 is 5.76 Å². The SMILES string of the molecule is Cc1cccc(OC(C)CSCc2n[nH]c(=O)o2)c1. The second-order valence-corrected chi connectivity index (χ2v) is 5.30. The summed E-state index contributed by atoms with van der Waals surface area (Å²) in [5, 5.41) is 5.98. The molecule has 2 aromatic rings. The van der Waals surface area contributed by atoms with E-state index in [2.05, 4.69) is 10.2 Å². The number of aryl methyl sites for hydroxylation is 1. The predicted molar refractivity (Wildman–Crippen MR) is 74.6 cm³/mol. The van der Waals surface area contributed by atoms with Crippen LogP contribution in [0.25, 0.3) is 0 Å². The molecule has 0 radical (unpaired) electrons. The van der Waals surface area contributed by atoms with Crippen LogP contribution in [0.4, 0.5) is 0 Å². The van der Waals surface area contributed by atoms with Gasteiger partial charge in [0.25, 0.3) is 0 Å². The van der Waals surface area contributed by atoms with Crippen LogP contribution in [0.15, 0.2) is 33.5 Å². The lowest BCUT2D eigenvalue weighted by atomic mass is 10.2. The fraction of sp³-hybridized carbons (Fsp3) is 0.385. The van der Waals surface area contributed by atoms with Gasteiger partial charge in [0.1, 0.15) is 11.9 Å². The van der Waals surface area contributed by atoms with Crippen LogP contribution in [-0.4, -0.2) is 22.1 Å². The topological polar surface area (TPSA) is 68.1 Å². The molecule has 1 N–H and O–H groups in total. The fourth-order valence-corrected chi connectivity index (χ4v) is 2.41. The highest BCUT2D eigenvalue weighted by atomic mass is 32.2. The molecule has 0 aliphatic carbocycles. The van der Waals surface area contributed by atoms with Crippen LogP contribution in [0.2, 0.25) is 0 Å². The van der Waals surface area contributed by atoms with E-state index in [1.807, 2.05) is 38.1 Å². The van der Waals surface area contributed by atoms with Gasteiger partial charge in [-0.25, -0.2) is 9.89 Å². The second kappa shape index (κ2) is 6.47. The van der Waals surface area contributed by atoms with Crippen molar-refractivity contribution >= 4 is 11.8 Å². The maximum atomic E-state index is 10.7. The number of benzene rings is 1. The predicted octanol–water partition coefficient (Wildman–Crippen LogP) is 2.37. The van der Waals surface area contributed by atoms with Crippen molar-refractivity contribution in [2.75, 3.05) is 5.75 Å². The first-order chi connectivity index (χ1) is 9.13. The highest BCUT2D eigenvalue weighted by Gasteiger charge is 2.07. The molecule has 1 unspecified atom stereocenters. The van der Waals surface area contributed by atoms with E-state index in [0.29, 0.717) is 11.6 Å². The Hall–Kier alpha value is -1.69. The number of rotatable bonds is 6. The third kappa shape index (κ3) is 4.48. The third-order valence-corrected chi connectivity index (χ3v) is 3.54. The molecule has 1 atom stereocenters. The molecule has 0 saturated heterocycles. The van der Waals surface area contributed by atoms with Crippen LogP contribution in [0.3, 0.4) is 0 Å². The summed E-state index contributed by atoms with van der Waals surface area (Å²) >= 11 is 1.61. The lowest BCUT2D eigenvalue weighted by Gasteiger charge is -2.14. The molecule has 6 heteroatoms. The number of H-pyrrole nitrogens is 1. The summed E-state index contributed by atoms with van der Waals surface area (Å²) in [7, 11) is 0. The van der Waals surface area contributed by atoms with Crippen LogP contribution >= 0.6 is 11.8 Å². The van der Waals surface area contributed by atoms with Crippen LogP contribution in [0.1, 0.15) is 18.4 Å². The minimum atomic E-state index is -0.514. The minimum Gasteiger partial charge on any atom is -0.490 e. The monoisotopic (exact) mass is 280 g/mol. The molecule has 102 valence electrons. The van der Waals surface area contributed by atoms with Gasteiger partial charge < -0.3 is 9.15 Å². The molecule has 0 amide bonds. The number of hydrogen-bond acceptors (Lipinski definition) is 5. The van der Waals surface area contributed by atoms with Crippen LogP contribution < -0.4 is 10.5 Å². The van der Waals surface area contributed by atoms with Gasteiger partial charge in [0.05, 0.1) is 5.75 Å². The van der Waals surface area contributed by atoms with E-state index >= 15 is 0 Å². The molecular weight excluding hydrogens is 264 g/mol. The smallest absolute Gasteiger partial charge is 0.434 e. The van der Waals surface area contributed by atoms with Gasteiger partial charge in [-0.05, 0) is 31.5 Å². The molecule has 19 heavy (non-hydrogen) atoms. The van der Waals surface area contributed by atoms with Crippen molar-refractivity contribution in [1.29, 1.82) is 0 Å². The third-order valence-electron chi connectivity index (χ3n) is 2.39. The maximum absolute atomic E-state index is 10.7. The normalized spacial score (nSPS) is 12.3. The zero-order valence-corrected chi connectivity index (χ0v) is 11.7. The largest absolute Gasteiger partial charge is 0.490 e. The van der Waals surface area contributed by atoms with Crippen molar-refractivity contribution in [3.05, 3.63) is 46.3 Å². The van der Waals surface area contributed by atoms with Gasteiger partial charge in [-0.15, -0.1) is 16.9 Å². The number of aromatic amines is 1. The molecule has 0 bridgehead atoms. The van der Waals surface area contributed by atoms with Gasteiger partial charge in [-0.1, -0.05) is 12.1 Å². The standard InChI is InChI=1S/C13H16N2O3S/c1-9-4-3-5-11(6-9)17-10(2)7-19-8-12-14-15-13(16)18-12/h3-6,10H,7-8H2,1-2H3,(H,15,16). The Balaban J connectivity index is 1.75. The Labute approximate surface area is 115 Å². The molecule has 0 saturated carbocycles. The van der Waals surface area contributed by atoms with Crippen LogP contribution in [0, 0.1) is 6.92 Å². The highest BCUT2D eigenvalue weighted by Crippen LogP contribution is 2.17. The van der Waals surface area contributed by atoms with Gasteiger partial charge in [-0.3, -0.25) is 0 Å². The van der Waals surface area contributed by atoms with Crippen molar-refractivity contribution in [2.24, 2.45) is 0 Å². The minimum absolute atomic E-state index is 0.0810. The van der Waals surface area contributed by atoms with Gasteiger partial charge in [0, 0.05) is 5.75 Å². The average molecular weight is 280 g/mol. The van der Waals surface area contributed by atoms with Gasteiger partial charge in [0.2, 0.25) is 5.89 Å². The van der Waals surface area contributed by atoms with E-state index in [1.165, 1.54) is 5.56 Å². The molecule has 0 aliphatic heterocycles. The first-order valence-corrected chi connectivity index (χ1v) is 7.14. The highest BCUT2D eigenvalue weighted by molar-refractivity contribution is 7.98. The van der Waals surface area contributed by atoms with Gasteiger partial charge in [0.15, 0.2) is 0 Å². The Morgan fingerprint density at radius 2 is 2.37 bits per heavy atom. The zero-order valence-electron chi connectivity index (χ0n) is 10.9. The number of nitrogens with one attached hydrogen (secondary N) is 1. The van der Waals surface area contributed by atoms with Crippen molar-refractivity contribution in [1.82, 2.24) is 10.2 Å². The average Bonchev–Trinajstić information content (AvgIpc) is 2.75. The summed E-state index contributed by atoms with van der Waals surface area (Å²) in [6.07, 6.45) is 0.0810. The van der Waals surface area contributed by atoms with E-state index in [1.54, 1.807) is 11.8 Å². The second-order valence-electron chi connectivity index (χ2n) is 4.27. The maximum Gasteiger partial charge on any atom is 0.434 e. The Bertz CT molecular complexity index is 579. The molecule has 0 spiro atoms. The summed E-state index contributed by atoms with van der Waals surface area (Å²) in [5.74, 6) is 2.13. The fourth-order valence-electron chi connectivity index (χ4n) is 1.59. The molecule has 5 nitrogen and oxygen atoms in total. The van der Waals surface area contributed by atoms with Gasteiger partial charge >= 0.3 is 5.76 Å². The summed E-state index contributed by atoms with van der Waals surface area (Å²) < 4.78 is 10.6.